The van der Waals surface area contributed by atoms with Gasteiger partial charge in [-0.1, -0.05) is 0 Å². The monoisotopic (exact) mass is 565 g/mol. The largest absolute Gasteiger partial charge is 0.497 e. The molecule has 10 nitrogen and oxygen atoms in total. The number of amides is 2. The summed E-state index contributed by atoms with van der Waals surface area (Å²) in [6.45, 7) is 6.31. The SMILES string of the molecule is COc1cc(C)c(S(=O)(=O)N(C)CC(=O)NCC(=O)N(C)[C@H]2CC[C@@H](CN3CCC(N(C)C)C3)CC2)c(C)c1. The summed E-state index contributed by atoms with van der Waals surface area (Å²) in [6.07, 6.45) is 5.36. The zero-order valence-electron chi connectivity index (χ0n) is 24.7. The average Bonchev–Trinajstić information content (AvgIpc) is 3.35. The first-order valence-corrected chi connectivity index (χ1v) is 15.3. The maximum absolute atomic E-state index is 13.2. The maximum Gasteiger partial charge on any atom is 0.243 e. The molecule has 3 rings (SSSR count). The summed E-state index contributed by atoms with van der Waals surface area (Å²) in [6, 6.07) is 4.13. The number of carbonyl (C=O) groups excluding carboxylic acids is 2. The summed E-state index contributed by atoms with van der Waals surface area (Å²) < 4.78 is 32.6. The van der Waals surface area contributed by atoms with Gasteiger partial charge in [0.2, 0.25) is 21.8 Å². The van der Waals surface area contributed by atoms with Crippen molar-refractivity contribution in [3.63, 3.8) is 0 Å². The van der Waals surface area contributed by atoms with Crippen molar-refractivity contribution < 1.29 is 22.7 Å². The number of carbonyl (C=O) groups is 2. The Morgan fingerprint density at radius 2 is 1.62 bits per heavy atom. The van der Waals surface area contributed by atoms with Gasteiger partial charge in [-0.25, -0.2) is 8.42 Å². The number of sulfonamides is 1. The quantitative estimate of drug-likeness (QED) is 0.436. The van der Waals surface area contributed by atoms with Crippen LogP contribution in [-0.2, 0) is 19.6 Å². The molecule has 220 valence electrons. The molecule has 2 amide bonds. The van der Waals surface area contributed by atoms with Gasteiger partial charge >= 0.3 is 0 Å². The molecular weight excluding hydrogens is 518 g/mol. The van der Waals surface area contributed by atoms with E-state index >= 15 is 0 Å². The highest BCUT2D eigenvalue weighted by atomic mass is 32.2. The number of methoxy groups -OCH3 is 1. The van der Waals surface area contributed by atoms with Crippen molar-refractivity contribution in [2.45, 2.75) is 62.9 Å². The van der Waals surface area contributed by atoms with Gasteiger partial charge in [-0.2, -0.15) is 4.31 Å². The second-order valence-corrected chi connectivity index (χ2v) is 13.5. The van der Waals surface area contributed by atoms with E-state index in [0.717, 1.165) is 49.6 Å². The zero-order valence-corrected chi connectivity index (χ0v) is 25.5. The summed E-state index contributed by atoms with van der Waals surface area (Å²) >= 11 is 0. The van der Waals surface area contributed by atoms with Crippen molar-refractivity contribution in [3.8, 4) is 5.75 Å². The summed E-state index contributed by atoms with van der Waals surface area (Å²) in [7, 11) is 5.10. The molecule has 1 aliphatic carbocycles. The van der Waals surface area contributed by atoms with E-state index in [1.165, 1.54) is 20.6 Å². The number of likely N-dealkylation sites (N-methyl/N-ethyl adjacent to an activating group) is 3. The van der Waals surface area contributed by atoms with E-state index in [4.69, 9.17) is 4.74 Å². The number of ether oxygens (including phenoxy) is 1. The Balaban J connectivity index is 1.44. The Morgan fingerprint density at radius 3 is 2.15 bits per heavy atom. The van der Waals surface area contributed by atoms with Gasteiger partial charge in [0, 0.05) is 39.3 Å². The number of nitrogens with one attached hydrogen (secondary N) is 1. The van der Waals surface area contributed by atoms with E-state index in [-0.39, 0.29) is 29.9 Å². The summed E-state index contributed by atoms with van der Waals surface area (Å²) in [5.74, 6) is 0.565. The van der Waals surface area contributed by atoms with Gasteiger partial charge in [-0.15, -0.1) is 0 Å². The van der Waals surface area contributed by atoms with Gasteiger partial charge in [-0.3, -0.25) is 9.59 Å². The first kappa shape index (κ1) is 31.3. The molecule has 11 heteroatoms. The summed E-state index contributed by atoms with van der Waals surface area (Å²) in [5.41, 5.74) is 1.09. The van der Waals surface area contributed by atoms with Crippen LogP contribution in [0.1, 0.15) is 43.2 Å². The van der Waals surface area contributed by atoms with Crippen molar-refractivity contribution in [2.75, 3.05) is 68.0 Å². The average molecular weight is 566 g/mol. The molecule has 2 fully saturated rings. The highest BCUT2D eigenvalue weighted by Crippen LogP contribution is 2.29. The number of nitrogens with zero attached hydrogens (tertiary/aromatic N) is 4. The van der Waals surface area contributed by atoms with Crippen LogP contribution in [0.5, 0.6) is 5.75 Å². The van der Waals surface area contributed by atoms with Crippen LogP contribution in [0.2, 0.25) is 0 Å². The number of likely N-dealkylation sites (tertiary alicyclic amines) is 1. The fourth-order valence-electron chi connectivity index (χ4n) is 5.92. The lowest BCUT2D eigenvalue weighted by Crippen LogP contribution is -2.47. The van der Waals surface area contributed by atoms with E-state index in [1.807, 2.05) is 0 Å². The van der Waals surface area contributed by atoms with Gasteiger partial charge in [0.15, 0.2) is 0 Å². The third-order valence-electron chi connectivity index (χ3n) is 8.39. The Kier molecular flexibility index (Phi) is 10.8. The first-order valence-electron chi connectivity index (χ1n) is 13.9. The molecule has 0 bridgehead atoms. The van der Waals surface area contributed by atoms with E-state index in [1.54, 1.807) is 37.9 Å². The third-order valence-corrected chi connectivity index (χ3v) is 10.5. The molecule has 1 atom stereocenters. The number of aryl methyl sites for hydroxylation is 2. The van der Waals surface area contributed by atoms with Crippen molar-refractivity contribution in [2.24, 2.45) is 5.92 Å². The van der Waals surface area contributed by atoms with E-state index in [9.17, 15) is 18.0 Å². The lowest BCUT2D eigenvalue weighted by atomic mass is 9.85. The van der Waals surface area contributed by atoms with Crippen LogP contribution in [0.4, 0.5) is 0 Å². The second kappa shape index (κ2) is 13.4. The highest BCUT2D eigenvalue weighted by molar-refractivity contribution is 7.89. The number of hydrogen-bond donors (Lipinski definition) is 1. The van der Waals surface area contributed by atoms with Crippen LogP contribution in [-0.4, -0.2) is 119 Å². The normalized spacial score (nSPS) is 22.3. The van der Waals surface area contributed by atoms with Crippen LogP contribution < -0.4 is 10.1 Å². The molecular formula is C28H47N5O5S. The maximum atomic E-state index is 13.2. The summed E-state index contributed by atoms with van der Waals surface area (Å²) in [5, 5.41) is 2.61. The minimum atomic E-state index is -3.90. The molecule has 1 unspecified atom stereocenters. The Hall–Kier alpha value is -2.21. The smallest absolute Gasteiger partial charge is 0.243 e. The minimum absolute atomic E-state index is 0.149. The van der Waals surface area contributed by atoms with Crippen molar-refractivity contribution in [3.05, 3.63) is 23.3 Å². The molecule has 2 aliphatic rings. The molecule has 0 radical (unpaired) electrons. The molecule has 1 aliphatic heterocycles. The van der Waals surface area contributed by atoms with Gasteiger partial charge in [0.25, 0.3) is 0 Å². The summed E-state index contributed by atoms with van der Waals surface area (Å²) in [4.78, 5) is 32.2. The topological polar surface area (TPSA) is 102 Å². The third kappa shape index (κ3) is 7.93. The van der Waals surface area contributed by atoms with Crippen LogP contribution in [0.25, 0.3) is 0 Å². The molecule has 1 aromatic carbocycles. The zero-order chi connectivity index (χ0) is 28.9. The van der Waals surface area contributed by atoms with Crippen molar-refractivity contribution >= 4 is 21.8 Å². The number of benzene rings is 1. The fraction of sp³-hybridized carbons (Fsp3) is 0.714. The first-order chi connectivity index (χ1) is 18.3. The molecule has 1 saturated carbocycles. The number of hydrogen-bond acceptors (Lipinski definition) is 7. The van der Waals surface area contributed by atoms with Crippen LogP contribution >= 0.6 is 0 Å². The van der Waals surface area contributed by atoms with Crippen molar-refractivity contribution in [1.29, 1.82) is 0 Å². The van der Waals surface area contributed by atoms with E-state index in [0.29, 0.717) is 28.8 Å². The Bertz CT molecular complexity index is 1090. The van der Waals surface area contributed by atoms with Crippen LogP contribution in [0.15, 0.2) is 17.0 Å². The Morgan fingerprint density at radius 1 is 1.00 bits per heavy atom. The predicted molar refractivity (Wildman–Crippen MR) is 152 cm³/mol. The van der Waals surface area contributed by atoms with Crippen LogP contribution in [0.3, 0.4) is 0 Å². The molecule has 0 spiro atoms. The predicted octanol–water partition coefficient (Wildman–Crippen LogP) is 1.70. The second-order valence-electron chi connectivity index (χ2n) is 11.5. The minimum Gasteiger partial charge on any atom is -0.497 e. The molecule has 39 heavy (non-hydrogen) atoms. The highest BCUT2D eigenvalue weighted by Gasteiger charge is 2.31. The van der Waals surface area contributed by atoms with Gasteiger partial charge in [0.1, 0.15) is 5.75 Å². The van der Waals surface area contributed by atoms with Gasteiger partial charge in [0.05, 0.1) is 25.1 Å². The lowest BCUT2D eigenvalue weighted by Gasteiger charge is -2.36. The lowest BCUT2D eigenvalue weighted by molar-refractivity contribution is -0.134. The van der Waals surface area contributed by atoms with Gasteiger partial charge in [-0.05, 0) is 95.8 Å². The van der Waals surface area contributed by atoms with Gasteiger partial charge < -0.3 is 24.8 Å². The van der Waals surface area contributed by atoms with Crippen LogP contribution in [0, 0.1) is 19.8 Å². The van der Waals surface area contributed by atoms with E-state index in [2.05, 4.69) is 29.2 Å². The fourth-order valence-corrected chi connectivity index (χ4v) is 7.45. The van der Waals surface area contributed by atoms with E-state index < -0.39 is 15.9 Å². The standard InChI is InChI=1S/C28H47N5O5S/c1-20-14-25(38-7)15-21(2)28(20)39(36,37)31(5)19-26(34)29-16-27(35)32(6)23-10-8-22(9-11-23)17-33-13-12-24(18-33)30(3)4/h14-15,22-24H,8-13,16-19H2,1-7H3,(H,29,34)/t22-,23+,24?. The molecule has 1 saturated heterocycles. The molecule has 0 aromatic heterocycles. The molecule has 1 N–H and O–H groups in total. The number of rotatable bonds is 11. The Labute approximate surface area is 234 Å². The van der Waals surface area contributed by atoms with Crippen molar-refractivity contribution in [1.82, 2.24) is 24.3 Å². The molecule has 1 aromatic rings. The molecule has 1 heterocycles.